The van der Waals surface area contributed by atoms with Gasteiger partial charge in [0, 0.05) is 12.6 Å². The van der Waals surface area contributed by atoms with Gasteiger partial charge in [-0.05, 0) is 56.2 Å². The lowest BCUT2D eigenvalue weighted by Gasteiger charge is -2.26. The number of ketones is 1. The molecule has 1 fully saturated rings. The van der Waals surface area contributed by atoms with E-state index >= 15 is 0 Å². The van der Waals surface area contributed by atoms with Crippen LogP contribution in [0.2, 0.25) is 0 Å². The van der Waals surface area contributed by atoms with E-state index in [1.807, 2.05) is 43.3 Å². The highest BCUT2D eigenvalue weighted by atomic mass is 16.5. The van der Waals surface area contributed by atoms with Gasteiger partial charge in [0.05, 0.1) is 24.3 Å². The van der Waals surface area contributed by atoms with E-state index < -0.39 is 23.5 Å². The van der Waals surface area contributed by atoms with Gasteiger partial charge in [0.25, 0.3) is 11.7 Å². The van der Waals surface area contributed by atoms with Gasteiger partial charge in [-0.3, -0.25) is 9.59 Å². The standard InChI is InChI=1S/C26H32N2O5/c1-16(2)17-7-9-18(10-8-17)23-22(24(30)20-12-11-19(33-5)15-21(20)29)25(31)26(32)28(23)14-6-13-27(3)4/h7-12,15-16,23,29-30H,6,13-14H2,1-5H3. The molecule has 1 atom stereocenters. The van der Waals surface area contributed by atoms with Crippen LogP contribution in [0.5, 0.6) is 11.5 Å². The molecule has 33 heavy (non-hydrogen) atoms. The summed E-state index contributed by atoms with van der Waals surface area (Å²) in [6.45, 7) is 5.30. The molecule has 1 saturated heterocycles. The predicted molar refractivity (Wildman–Crippen MR) is 127 cm³/mol. The average Bonchev–Trinajstić information content (AvgIpc) is 3.03. The molecular formula is C26H32N2O5. The minimum Gasteiger partial charge on any atom is -0.507 e. The molecule has 1 aliphatic heterocycles. The van der Waals surface area contributed by atoms with Crippen molar-refractivity contribution >= 4 is 17.4 Å². The number of ether oxygens (including phenoxy) is 1. The molecule has 2 aromatic rings. The molecule has 176 valence electrons. The molecule has 0 radical (unpaired) electrons. The maximum atomic E-state index is 13.1. The number of hydrogen-bond donors (Lipinski definition) is 2. The molecule has 0 saturated carbocycles. The minimum absolute atomic E-state index is 0.0254. The van der Waals surface area contributed by atoms with Crippen molar-refractivity contribution in [3.63, 3.8) is 0 Å². The number of amides is 1. The molecule has 0 spiro atoms. The molecule has 3 rings (SSSR count). The molecule has 1 amide bonds. The van der Waals surface area contributed by atoms with E-state index in [1.165, 1.54) is 24.1 Å². The molecule has 0 aliphatic carbocycles. The highest BCUT2D eigenvalue weighted by Crippen LogP contribution is 2.41. The number of aliphatic hydroxyl groups is 1. The fourth-order valence-corrected chi connectivity index (χ4v) is 4.06. The Labute approximate surface area is 194 Å². The number of aliphatic hydroxyl groups excluding tert-OH is 1. The number of likely N-dealkylation sites (tertiary alicyclic amines) is 1. The zero-order valence-electron chi connectivity index (χ0n) is 19.8. The molecule has 7 heteroatoms. The van der Waals surface area contributed by atoms with Crippen LogP contribution in [-0.2, 0) is 9.59 Å². The number of nitrogens with zero attached hydrogens (tertiary/aromatic N) is 2. The Balaban J connectivity index is 2.12. The van der Waals surface area contributed by atoms with Gasteiger partial charge in [0.1, 0.15) is 17.3 Å². The monoisotopic (exact) mass is 452 g/mol. The van der Waals surface area contributed by atoms with E-state index in [-0.39, 0.29) is 16.9 Å². The van der Waals surface area contributed by atoms with Crippen molar-refractivity contribution in [3.05, 3.63) is 64.7 Å². The normalized spacial score (nSPS) is 17.9. The third kappa shape index (κ3) is 5.03. The number of benzene rings is 2. The van der Waals surface area contributed by atoms with Crippen LogP contribution in [0.3, 0.4) is 0 Å². The first-order chi connectivity index (χ1) is 15.6. The van der Waals surface area contributed by atoms with E-state index in [1.54, 1.807) is 6.07 Å². The summed E-state index contributed by atoms with van der Waals surface area (Å²) in [7, 11) is 5.36. The lowest BCUT2D eigenvalue weighted by Crippen LogP contribution is -2.32. The third-order valence-electron chi connectivity index (χ3n) is 5.92. The van der Waals surface area contributed by atoms with Gasteiger partial charge >= 0.3 is 0 Å². The van der Waals surface area contributed by atoms with Gasteiger partial charge in [-0.15, -0.1) is 0 Å². The molecule has 0 aromatic heterocycles. The number of carbonyl (C=O) groups is 2. The highest BCUT2D eigenvalue weighted by Gasteiger charge is 2.46. The summed E-state index contributed by atoms with van der Waals surface area (Å²) in [5, 5.41) is 21.6. The van der Waals surface area contributed by atoms with Gasteiger partial charge in [-0.1, -0.05) is 38.1 Å². The summed E-state index contributed by atoms with van der Waals surface area (Å²) >= 11 is 0. The zero-order valence-corrected chi connectivity index (χ0v) is 19.8. The smallest absolute Gasteiger partial charge is 0.295 e. The van der Waals surface area contributed by atoms with Crippen LogP contribution in [0.15, 0.2) is 48.0 Å². The van der Waals surface area contributed by atoms with Gasteiger partial charge in [0.15, 0.2) is 0 Å². The maximum absolute atomic E-state index is 13.1. The van der Waals surface area contributed by atoms with Crippen molar-refractivity contribution in [1.82, 2.24) is 9.80 Å². The summed E-state index contributed by atoms with van der Waals surface area (Å²) in [4.78, 5) is 29.6. The van der Waals surface area contributed by atoms with E-state index in [9.17, 15) is 19.8 Å². The van der Waals surface area contributed by atoms with Crippen LogP contribution in [-0.4, -0.2) is 66.0 Å². The van der Waals surface area contributed by atoms with Crippen LogP contribution in [0.1, 0.15) is 48.9 Å². The Hall–Kier alpha value is -3.32. The lowest BCUT2D eigenvalue weighted by molar-refractivity contribution is -0.139. The summed E-state index contributed by atoms with van der Waals surface area (Å²) < 4.78 is 5.10. The molecule has 1 aliphatic rings. The van der Waals surface area contributed by atoms with Gasteiger partial charge in [-0.2, -0.15) is 0 Å². The van der Waals surface area contributed by atoms with Crippen LogP contribution in [0.4, 0.5) is 0 Å². The summed E-state index contributed by atoms with van der Waals surface area (Å²) in [6, 6.07) is 11.4. The van der Waals surface area contributed by atoms with Gasteiger partial charge in [-0.25, -0.2) is 0 Å². The maximum Gasteiger partial charge on any atom is 0.295 e. The van der Waals surface area contributed by atoms with Gasteiger partial charge < -0.3 is 24.7 Å². The number of rotatable bonds is 8. The molecule has 2 aromatic carbocycles. The minimum atomic E-state index is -0.759. The average molecular weight is 453 g/mol. The summed E-state index contributed by atoms with van der Waals surface area (Å²) in [5.41, 5.74) is 1.92. The van der Waals surface area contributed by atoms with Crippen molar-refractivity contribution in [2.24, 2.45) is 0 Å². The Morgan fingerprint density at radius 2 is 1.79 bits per heavy atom. The first kappa shape index (κ1) is 24.3. The van der Waals surface area contributed by atoms with Crippen LogP contribution in [0, 0.1) is 0 Å². The quantitative estimate of drug-likeness (QED) is 0.359. The third-order valence-corrected chi connectivity index (χ3v) is 5.92. The molecule has 2 N–H and O–H groups in total. The first-order valence-electron chi connectivity index (χ1n) is 11.1. The number of phenolic OH excluding ortho intramolecular Hbond substituents is 1. The van der Waals surface area contributed by atoms with Crippen LogP contribution < -0.4 is 4.74 Å². The second-order valence-corrected chi connectivity index (χ2v) is 8.85. The van der Waals surface area contributed by atoms with Crippen molar-refractivity contribution < 1.29 is 24.5 Å². The second kappa shape index (κ2) is 10.1. The number of methoxy groups -OCH3 is 1. The molecule has 1 heterocycles. The topological polar surface area (TPSA) is 90.3 Å². The van der Waals surface area contributed by atoms with Crippen molar-refractivity contribution in [2.45, 2.75) is 32.2 Å². The fourth-order valence-electron chi connectivity index (χ4n) is 4.06. The predicted octanol–water partition coefficient (Wildman–Crippen LogP) is 3.90. The summed E-state index contributed by atoms with van der Waals surface area (Å²) in [5.74, 6) is -1.30. The Kier molecular flexibility index (Phi) is 7.43. The number of Topliss-reactive ketones (excluding diaryl/α,β-unsaturated/α-hetero) is 1. The molecular weight excluding hydrogens is 420 g/mol. The SMILES string of the molecule is COc1ccc(C(O)=C2C(=O)C(=O)N(CCCN(C)C)C2c2ccc(C(C)C)cc2)c(O)c1. The van der Waals surface area contributed by atoms with Crippen molar-refractivity contribution in [1.29, 1.82) is 0 Å². The Morgan fingerprint density at radius 3 is 2.33 bits per heavy atom. The summed E-state index contributed by atoms with van der Waals surface area (Å²) in [6.07, 6.45) is 0.675. The number of carbonyl (C=O) groups excluding carboxylic acids is 2. The van der Waals surface area contributed by atoms with E-state index in [0.717, 1.165) is 17.7 Å². The van der Waals surface area contributed by atoms with E-state index in [2.05, 4.69) is 13.8 Å². The Morgan fingerprint density at radius 1 is 1.12 bits per heavy atom. The van der Waals surface area contributed by atoms with Crippen molar-refractivity contribution in [3.8, 4) is 11.5 Å². The van der Waals surface area contributed by atoms with Crippen LogP contribution >= 0.6 is 0 Å². The number of phenols is 1. The first-order valence-corrected chi connectivity index (χ1v) is 11.1. The highest BCUT2D eigenvalue weighted by molar-refractivity contribution is 6.46. The Bertz CT molecular complexity index is 1060. The molecule has 0 bridgehead atoms. The van der Waals surface area contributed by atoms with E-state index in [4.69, 9.17) is 4.74 Å². The number of hydrogen-bond acceptors (Lipinski definition) is 6. The fraction of sp³-hybridized carbons (Fsp3) is 0.385. The van der Waals surface area contributed by atoms with Gasteiger partial charge in [0.2, 0.25) is 0 Å². The second-order valence-electron chi connectivity index (χ2n) is 8.85. The lowest BCUT2D eigenvalue weighted by atomic mass is 9.93. The largest absolute Gasteiger partial charge is 0.507 e. The molecule has 1 unspecified atom stereocenters. The van der Waals surface area contributed by atoms with Crippen LogP contribution in [0.25, 0.3) is 5.76 Å². The number of aromatic hydroxyl groups is 1. The molecule has 7 nitrogen and oxygen atoms in total. The van der Waals surface area contributed by atoms with Crippen molar-refractivity contribution in [2.75, 3.05) is 34.3 Å². The zero-order chi connectivity index (χ0) is 24.3. The van der Waals surface area contributed by atoms with E-state index in [0.29, 0.717) is 24.6 Å².